The molecule has 0 spiro atoms. The smallest absolute Gasteiger partial charge is 0.255 e. The molecule has 2 rings (SSSR count). The van der Waals surface area contributed by atoms with Crippen LogP contribution in [-0.4, -0.2) is 28.4 Å². The standard InChI is InChI=1S/C14H16ClN3O/c1-2-11-7-10(8-13(15)17-11)14(19)18-6-4-3-5-12(18)9-16/h7-8,12H,2-6H2,1H3. The Balaban J connectivity index is 2.28. The molecule has 1 aromatic rings. The number of carbonyl (C=O) groups is 1. The topological polar surface area (TPSA) is 57.0 Å². The first-order chi connectivity index (χ1) is 9.15. The van der Waals surface area contributed by atoms with E-state index in [0.717, 1.165) is 31.4 Å². The Morgan fingerprint density at radius 2 is 2.37 bits per heavy atom. The van der Waals surface area contributed by atoms with Crippen molar-refractivity contribution in [1.29, 1.82) is 5.26 Å². The van der Waals surface area contributed by atoms with Gasteiger partial charge < -0.3 is 4.90 Å². The molecule has 1 aliphatic rings. The Hall–Kier alpha value is -1.60. The molecule has 0 saturated carbocycles. The number of halogens is 1. The van der Waals surface area contributed by atoms with Crippen LogP contribution in [0.3, 0.4) is 0 Å². The SMILES string of the molecule is CCc1cc(C(=O)N2CCCCC2C#N)cc(Cl)n1. The Labute approximate surface area is 118 Å². The van der Waals surface area contributed by atoms with E-state index in [1.807, 2.05) is 6.92 Å². The summed E-state index contributed by atoms with van der Waals surface area (Å²) in [4.78, 5) is 18.3. The lowest BCUT2D eigenvalue weighted by atomic mass is 10.0. The molecule has 0 radical (unpaired) electrons. The lowest BCUT2D eigenvalue weighted by Crippen LogP contribution is -2.43. The zero-order chi connectivity index (χ0) is 13.8. The Kier molecular flexibility index (Phi) is 4.39. The van der Waals surface area contributed by atoms with Gasteiger partial charge in [-0.15, -0.1) is 0 Å². The van der Waals surface area contributed by atoms with Crippen molar-refractivity contribution in [1.82, 2.24) is 9.88 Å². The molecule has 0 aliphatic carbocycles. The molecule has 0 aromatic carbocycles. The quantitative estimate of drug-likeness (QED) is 0.781. The number of carbonyl (C=O) groups excluding carboxylic acids is 1. The fraction of sp³-hybridized carbons (Fsp3) is 0.500. The number of hydrogen-bond acceptors (Lipinski definition) is 3. The molecule has 1 unspecified atom stereocenters. The summed E-state index contributed by atoms with van der Waals surface area (Å²) in [5, 5.41) is 9.46. The molecule has 1 aliphatic heterocycles. The third kappa shape index (κ3) is 3.05. The summed E-state index contributed by atoms with van der Waals surface area (Å²) in [6.07, 6.45) is 3.42. The third-order valence-electron chi connectivity index (χ3n) is 3.37. The number of aryl methyl sites for hydroxylation is 1. The van der Waals surface area contributed by atoms with Crippen LogP contribution in [-0.2, 0) is 6.42 Å². The van der Waals surface area contributed by atoms with Gasteiger partial charge in [-0.05, 0) is 37.8 Å². The van der Waals surface area contributed by atoms with Gasteiger partial charge >= 0.3 is 0 Å². The molecule has 0 N–H and O–H groups in total. The Morgan fingerprint density at radius 3 is 3.05 bits per heavy atom. The number of rotatable bonds is 2. The van der Waals surface area contributed by atoms with Crippen molar-refractivity contribution in [2.24, 2.45) is 0 Å². The average molecular weight is 278 g/mol. The number of hydrogen-bond donors (Lipinski definition) is 0. The molecule has 0 bridgehead atoms. The molecule has 1 amide bonds. The van der Waals surface area contributed by atoms with Gasteiger partial charge in [-0.2, -0.15) is 5.26 Å². The lowest BCUT2D eigenvalue weighted by Gasteiger charge is -2.31. The summed E-state index contributed by atoms with van der Waals surface area (Å²) in [7, 11) is 0. The minimum atomic E-state index is -0.321. The summed E-state index contributed by atoms with van der Waals surface area (Å²) in [5.41, 5.74) is 1.32. The summed E-state index contributed by atoms with van der Waals surface area (Å²) in [6.45, 7) is 2.60. The second-order valence-corrected chi connectivity index (χ2v) is 5.05. The predicted molar refractivity (Wildman–Crippen MR) is 72.9 cm³/mol. The third-order valence-corrected chi connectivity index (χ3v) is 3.56. The number of aromatic nitrogens is 1. The van der Waals surface area contributed by atoms with E-state index in [2.05, 4.69) is 11.1 Å². The largest absolute Gasteiger partial charge is 0.323 e. The second kappa shape index (κ2) is 6.03. The van der Waals surface area contributed by atoms with Crippen molar-refractivity contribution in [3.63, 3.8) is 0 Å². The van der Waals surface area contributed by atoms with Gasteiger partial charge in [0.15, 0.2) is 0 Å². The number of amides is 1. The van der Waals surface area contributed by atoms with Crippen LogP contribution in [0.5, 0.6) is 0 Å². The maximum atomic E-state index is 12.5. The van der Waals surface area contributed by atoms with E-state index in [9.17, 15) is 4.79 Å². The van der Waals surface area contributed by atoms with E-state index in [1.54, 1.807) is 17.0 Å². The number of nitriles is 1. The fourth-order valence-electron chi connectivity index (χ4n) is 2.33. The molecular weight excluding hydrogens is 262 g/mol. The number of pyridine rings is 1. The number of piperidine rings is 1. The van der Waals surface area contributed by atoms with Crippen molar-refractivity contribution in [3.8, 4) is 6.07 Å². The van der Waals surface area contributed by atoms with E-state index in [1.165, 1.54) is 0 Å². The van der Waals surface area contributed by atoms with Crippen molar-refractivity contribution < 1.29 is 4.79 Å². The average Bonchev–Trinajstić information content (AvgIpc) is 2.45. The van der Waals surface area contributed by atoms with Gasteiger partial charge in [-0.3, -0.25) is 4.79 Å². The van der Waals surface area contributed by atoms with Crippen LogP contribution < -0.4 is 0 Å². The van der Waals surface area contributed by atoms with Crippen molar-refractivity contribution in [2.45, 2.75) is 38.6 Å². The van der Waals surface area contributed by atoms with E-state index >= 15 is 0 Å². The Morgan fingerprint density at radius 1 is 1.58 bits per heavy atom. The molecule has 19 heavy (non-hydrogen) atoms. The maximum Gasteiger partial charge on any atom is 0.255 e. The molecule has 100 valence electrons. The molecule has 2 heterocycles. The fourth-order valence-corrected chi connectivity index (χ4v) is 2.56. The number of nitrogens with zero attached hydrogens (tertiary/aromatic N) is 3. The molecule has 1 atom stereocenters. The van der Waals surface area contributed by atoms with Crippen molar-refractivity contribution in [3.05, 3.63) is 28.5 Å². The highest BCUT2D eigenvalue weighted by molar-refractivity contribution is 6.29. The van der Waals surface area contributed by atoms with E-state index < -0.39 is 0 Å². The zero-order valence-electron chi connectivity index (χ0n) is 10.9. The normalized spacial score (nSPS) is 19.0. The second-order valence-electron chi connectivity index (χ2n) is 4.66. The van der Waals surface area contributed by atoms with Gasteiger partial charge in [0, 0.05) is 17.8 Å². The van der Waals surface area contributed by atoms with Crippen LogP contribution in [0.25, 0.3) is 0 Å². The predicted octanol–water partition coefficient (Wildman–Crippen LogP) is 2.82. The van der Waals surface area contributed by atoms with Gasteiger partial charge in [0.2, 0.25) is 0 Å². The maximum absolute atomic E-state index is 12.5. The summed E-state index contributed by atoms with van der Waals surface area (Å²) >= 11 is 5.94. The zero-order valence-corrected chi connectivity index (χ0v) is 11.7. The van der Waals surface area contributed by atoms with E-state index in [0.29, 0.717) is 17.3 Å². The molecule has 5 heteroatoms. The van der Waals surface area contributed by atoms with Crippen LogP contribution in [0.15, 0.2) is 12.1 Å². The summed E-state index contributed by atoms with van der Waals surface area (Å²) in [5.74, 6) is -0.120. The highest BCUT2D eigenvalue weighted by Crippen LogP contribution is 2.21. The molecule has 1 fully saturated rings. The van der Waals surface area contributed by atoms with Gasteiger partial charge in [0.1, 0.15) is 11.2 Å². The first kappa shape index (κ1) is 13.8. The highest BCUT2D eigenvalue weighted by atomic mass is 35.5. The molecule has 1 aromatic heterocycles. The first-order valence-corrected chi connectivity index (χ1v) is 6.90. The van der Waals surface area contributed by atoms with Gasteiger partial charge in [0.25, 0.3) is 5.91 Å². The van der Waals surface area contributed by atoms with Crippen LogP contribution >= 0.6 is 11.6 Å². The van der Waals surface area contributed by atoms with Gasteiger partial charge in [-0.1, -0.05) is 18.5 Å². The van der Waals surface area contributed by atoms with Crippen molar-refractivity contribution >= 4 is 17.5 Å². The highest BCUT2D eigenvalue weighted by Gasteiger charge is 2.27. The van der Waals surface area contributed by atoms with Gasteiger partial charge in [-0.25, -0.2) is 4.98 Å². The van der Waals surface area contributed by atoms with E-state index in [-0.39, 0.29) is 11.9 Å². The van der Waals surface area contributed by atoms with Gasteiger partial charge in [0.05, 0.1) is 6.07 Å². The first-order valence-electron chi connectivity index (χ1n) is 6.52. The molecule has 1 saturated heterocycles. The molecular formula is C14H16ClN3O. The van der Waals surface area contributed by atoms with Crippen LogP contribution in [0.4, 0.5) is 0 Å². The minimum absolute atomic E-state index is 0.120. The lowest BCUT2D eigenvalue weighted by molar-refractivity contribution is 0.0670. The van der Waals surface area contributed by atoms with Crippen LogP contribution in [0.1, 0.15) is 42.2 Å². The van der Waals surface area contributed by atoms with Crippen molar-refractivity contribution in [2.75, 3.05) is 6.54 Å². The van der Waals surface area contributed by atoms with E-state index in [4.69, 9.17) is 16.9 Å². The minimum Gasteiger partial charge on any atom is -0.323 e. The summed E-state index contributed by atoms with van der Waals surface area (Å²) in [6, 6.07) is 5.22. The summed E-state index contributed by atoms with van der Waals surface area (Å²) < 4.78 is 0. The van der Waals surface area contributed by atoms with Crippen LogP contribution in [0.2, 0.25) is 5.15 Å². The molecule has 4 nitrogen and oxygen atoms in total. The van der Waals surface area contributed by atoms with Crippen LogP contribution in [0, 0.1) is 11.3 Å². The number of likely N-dealkylation sites (tertiary alicyclic amines) is 1. The Bertz CT molecular complexity index is 524. The monoisotopic (exact) mass is 277 g/mol.